The summed E-state index contributed by atoms with van der Waals surface area (Å²) in [5.41, 5.74) is 3.34. The second kappa shape index (κ2) is 9.34. The molecule has 6 nitrogen and oxygen atoms in total. The Morgan fingerprint density at radius 3 is 2.43 bits per heavy atom. The molecule has 7 heteroatoms. The maximum atomic E-state index is 12.8. The number of nitrogens with zero attached hydrogens (tertiary/aromatic N) is 2. The van der Waals surface area contributed by atoms with Crippen LogP contribution in [0, 0.1) is 0 Å². The van der Waals surface area contributed by atoms with Gasteiger partial charge in [-0.2, -0.15) is 0 Å². The first-order valence-corrected chi connectivity index (χ1v) is 11.0. The smallest absolute Gasteiger partial charge is 0.254 e. The number of benzene rings is 2. The van der Waals surface area contributed by atoms with E-state index in [4.69, 9.17) is 0 Å². The van der Waals surface area contributed by atoms with Crippen molar-refractivity contribution in [2.24, 2.45) is 0 Å². The fourth-order valence-electron chi connectivity index (χ4n) is 3.03. The predicted molar refractivity (Wildman–Crippen MR) is 122 cm³/mol. The van der Waals surface area contributed by atoms with E-state index in [9.17, 15) is 9.59 Å². The second-order valence-electron chi connectivity index (χ2n) is 8.16. The number of aromatic nitrogens is 2. The molecule has 0 aliphatic heterocycles. The Labute approximate surface area is 181 Å². The van der Waals surface area contributed by atoms with Crippen molar-refractivity contribution in [2.75, 3.05) is 13.1 Å². The molecule has 0 fully saturated rings. The minimum absolute atomic E-state index is 0.0518. The van der Waals surface area contributed by atoms with Crippen LogP contribution >= 0.6 is 11.8 Å². The number of aromatic amines is 1. The van der Waals surface area contributed by atoms with Gasteiger partial charge >= 0.3 is 0 Å². The molecule has 0 bridgehead atoms. The number of thioether (sulfide) groups is 1. The minimum Gasteiger partial charge on any atom is -0.350 e. The lowest BCUT2D eigenvalue weighted by Gasteiger charge is -2.25. The van der Waals surface area contributed by atoms with Crippen molar-refractivity contribution in [3.05, 3.63) is 59.7 Å². The van der Waals surface area contributed by atoms with E-state index in [1.54, 1.807) is 16.7 Å². The van der Waals surface area contributed by atoms with E-state index < -0.39 is 0 Å². The lowest BCUT2D eigenvalue weighted by Crippen LogP contribution is -2.47. The van der Waals surface area contributed by atoms with E-state index in [1.807, 2.05) is 76.2 Å². The topological polar surface area (TPSA) is 78.1 Å². The number of amides is 2. The molecule has 0 atom stereocenters. The summed E-state index contributed by atoms with van der Waals surface area (Å²) in [5.74, 6) is 0.453. The maximum absolute atomic E-state index is 12.8. The summed E-state index contributed by atoms with van der Waals surface area (Å²) >= 11 is 1.62. The molecule has 0 saturated carbocycles. The molecule has 2 N–H and O–H groups in total. The number of nitrogens with one attached hydrogen (secondary N) is 2. The fourth-order valence-corrected chi connectivity index (χ4v) is 3.87. The van der Waals surface area contributed by atoms with Gasteiger partial charge in [-0.1, -0.05) is 36.0 Å². The van der Waals surface area contributed by atoms with Gasteiger partial charge < -0.3 is 15.2 Å². The number of imidazole rings is 1. The normalized spacial score (nSPS) is 11.5. The van der Waals surface area contributed by atoms with Crippen molar-refractivity contribution in [3.8, 4) is 0 Å². The summed E-state index contributed by atoms with van der Waals surface area (Å²) in [6.07, 6.45) is 0. The molecule has 0 aliphatic carbocycles. The van der Waals surface area contributed by atoms with E-state index in [-0.39, 0.29) is 23.9 Å². The summed E-state index contributed by atoms with van der Waals surface area (Å²) in [6, 6.07) is 15.5. The number of hydrogen-bond acceptors (Lipinski definition) is 4. The molecule has 0 aliphatic rings. The summed E-state index contributed by atoms with van der Waals surface area (Å²) in [4.78, 5) is 34.4. The van der Waals surface area contributed by atoms with Gasteiger partial charge in [0.15, 0.2) is 5.16 Å². The first-order valence-electron chi connectivity index (χ1n) is 10.0. The van der Waals surface area contributed by atoms with Crippen LogP contribution in [-0.4, -0.2) is 45.3 Å². The molecule has 1 aromatic heterocycles. The van der Waals surface area contributed by atoms with Gasteiger partial charge in [0.2, 0.25) is 5.91 Å². The molecule has 0 radical (unpaired) electrons. The molecule has 2 aromatic carbocycles. The predicted octanol–water partition coefficient (Wildman–Crippen LogP) is 4.23. The van der Waals surface area contributed by atoms with Gasteiger partial charge in [0.05, 0.1) is 17.6 Å². The molecular formula is C23H28N4O2S. The summed E-state index contributed by atoms with van der Waals surface area (Å²) in [6.45, 7) is 8.16. The number of fused-ring (bicyclic) bond motifs is 1. The number of carbonyl (C=O) groups excluding carboxylic acids is 2. The lowest BCUT2D eigenvalue weighted by molar-refractivity contribution is -0.123. The van der Waals surface area contributed by atoms with Crippen LogP contribution < -0.4 is 5.32 Å². The van der Waals surface area contributed by atoms with Crippen LogP contribution in [0.1, 0.15) is 43.6 Å². The molecule has 3 aromatic rings. The minimum atomic E-state index is -0.321. The van der Waals surface area contributed by atoms with Crippen LogP contribution in [0.2, 0.25) is 0 Å². The Bertz CT molecular complexity index is 989. The van der Waals surface area contributed by atoms with Crippen molar-refractivity contribution < 1.29 is 9.59 Å². The molecule has 2 amide bonds. The average molecular weight is 425 g/mol. The molecule has 1 heterocycles. The molecule has 0 saturated heterocycles. The van der Waals surface area contributed by atoms with Gasteiger partial charge in [0.1, 0.15) is 0 Å². The van der Waals surface area contributed by atoms with Gasteiger partial charge in [-0.15, -0.1) is 0 Å². The van der Waals surface area contributed by atoms with Gasteiger partial charge in [-0.25, -0.2) is 4.98 Å². The Balaban J connectivity index is 1.59. The summed E-state index contributed by atoms with van der Waals surface area (Å²) in [7, 11) is 0. The van der Waals surface area contributed by atoms with E-state index in [0.29, 0.717) is 12.1 Å². The highest BCUT2D eigenvalue weighted by Crippen LogP contribution is 2.23. The number of carbonyl (C=O) groups is 2. The fraction of sp³-hybridized carbons (Fsp3) is 0.348. The highest BCUT2D eigenvalue weighted by atomic mass is 32.2. The zero-order valence-electron chi connectivity index (χ0n) is 17.9. The zero-order valence-corrected chi connectivity index (χ0v) is 18.7. The Kier molecular flexibility index (Phi) is 6.82. The Hall–Kier alpha value is -2.80. The van der Waals surface area contributed by atoms with E-state index in [0.717, 1.165) is 27.5 Å². The van der Waals surface area contributed by atoms with Crippen LogP contribution in [-0.2, 0) is 10.5 Å². The third kappa shape index (κ3) is 5.86. The van der Waals surface area contributed by atoms with E-state index in [2.05, 4.69) is 15.3 Å². The molecule has 30 heavy (non-hydrogen) atoms. The van der Waals surface area contributed by atoms with E-state index in [1.165, 1.54) is 0 Å². The van der Waals surface area contributed by atoms with Crippen molar-refractivity contribution in [1.82, 2.24) is 20.2 Å². The van der Waals surface area contributed by atoms with Gasteiger partial charge in [0, 0.05) is 23.4 Å². The number of rotatable bonds is 7. The van der Waals surface area contributed by atoms with Crippen molar-refractivity contribution >= 4 is 34.6 Å². The molecule has 3 rings (SSSR count). The number of hydrogen-bond donors (Lipinski definition) is 2. The second-order valence-corrected chi connectivity index (χ2v) is 9.13. The third-order valence-corrected chi connectivity index (χ3v) is 5.41. The van der Waals surface area contributed by atoms with Crippen LogP contribution in [0.5, 0.6) is 0 Å². The van der Waals surface area contributed by atoms with Crippen molar-refractivity contribution in [3.63, 3.8) is 0 Å². The quantitative estimate of drug-likeness (QED) is 0.556. The molecule has 0 unspecified atom stereocenters. The highest BCUT2D eigenvalue weighted by Gasteiger charge is 2.20. The SMILES string of the molecule is CCN(CC(=O)NC(C)(C)C)C(=O)c1ccc(CSc2nc3ccccc3[nH]2)cc1. The van der Waals surface area contributed by atoms with Crippen LogP contribution in [0.25, 0.3) is 11.0 Å². The van der Waals surface area contributed by atoms with Gasteiger partial charge in [-0.3, -0.25) is 9.59 Å². The molecule has 0 spiro atoms. The van der Waals surface area contributed by atoms with Gasteiger partial charge in [-0.05, 0) is 57.5 Å². The Morgan fingerprint density at radius 2 is 1.80 bits per heavy atom. The average Bonchev–Trinajstić information content (AvgIpc) is 3.12. The summed E-state index contributed by atoms with van der Waals surface area (Å²) < 4.78 is 0. The monoisotopic (exact) mass is 424 g/mol. The van der Waals surface area contributed by atoms with Gasteiger partial charge in [0.25, 0.3) is 5.91 Å². The zero-order chi connectivity index (χ0) is 21.7. The number of H-pyrrole nitrogens is 1. The number of likely N-dealkylation sites (N-methyl/N-ethyl adjacent to an activating group) is 1. The molecule has 158 valence electrons. The standard InChI is InChI=1S/C23H28N4O2S/c1-5-27(14-20(28)26-23(2,3)4)21(29)17-12-10-16(11-13-17)15-30-22-24-18-8-6-7-9-19(18)25-22/h6-13H,5,14-15H2,1-4H3,(H,24,25)(H,26,28). The first-order chi connectivity index (χ1) is 14.2. The highest BCUT2D eigenvalue weighted by molar-refractivity contribution is 7.98. The number of para-hydroxylation sites is 2. The van der Waals surface area contributed by atoms with Crippen LogP contribution in [0.15, 0.2) is 53.7 Å². The first kappa shape index (κ1) is 21.9. The van der Waals surface area contributed by atoms with Crippen molar-refractivity contribution in [1.29, 1.82) is 0 Å². The Morgan fingerprint density at radius 1 is 1.10 bits per heavy atom. The molecular weight excluding hydrogens is 396 g/mol. The summed E-state index contributed by atoms with van der Waals surface area (Å²) in [5, 5.41) is 3.77. The van der Waals surface area contributed by atoms with E-state index >= 15 is 0 Å². The third-order valence-electron chi connectivity index (χ3n) is 4.46. The lowest BCUT2D eigenvalue weighted by atomic mass is 10.1. The van der Waals surface area contributed by atoms with Crippen LogP contribution in [0.4, 0.5) is 0 Å². The van der Waals surface area contributed by atoms with Crippen molar-refractivity contribution in [2.45, 2.75) is 44.1 Å². The van der Waals surface area contributed by atoms with Crippen LogP contribution in [0.3, 0.4) is 0 Å². The maximum Gasteiger partial charge on any atom is 0.254 e. The largest absolute Gasteiger partial charge is 0.350 e.